The summed E-state index contributed by atoms with van der Waals surface area (Å²) in [7, 11) is 1.61. The SMILES string of the molecule is COc1ccc2cc(CC(=O)OCCCCOC(=O)OC(C)O[N+](=O)[O-])ccc2c1. The Hall–Kier alpha value is -3.56. The number of rotatable bonds is 11. The standard InChI is InChI=1S/C20H23NO9/c1-14(30-21(24)25)29-20(23)28-10-4-3-9-27-19(22)12-15-5-6-17-13-18(26-2)8-7-16(17)11-15/h5-8,11,13-14H,3-4,9-10,12H2,1-2H3. The van der Waals surface area contributed by atoms with Crippen LogP contribution >= 0.6 is 0 Å². The molecule has 0 saturated carbocycles. The Bertz CT molecular complexity index is 884. The summed E-state index contributed by atoms with van der Waals surface area (Å²) in [6, 6.07) is 11.4. The van der Waals surface area contributed by atoms with Gasteiger partial charge in [-0.05, 0) is 48.2 Å². The molecule has 0 aromatic heterocycles. The predicted molar refractivity (Wildman–Crippen MR) is 104 cm³/mol. The number of ether oxygens (including phenoxy) is 4. The van der Waals surface area contributed by atoms with E-state index in [-0.39, 0.29) is 25.6 Å². The van der Waals surface area contributed by atoms with Crippen molar-refractivity contribution in [3.8, 4) is 5.75 Å². The lowest BCUT2D eigenvalue weighted by Crippen LogP contribution is -2.21. The Morgan fingerprint density at radius 2 is 1.70 bits per heavy atom. The van der Waals surface area contributed by atoms with E-state index in [0.717, 1.165) is 22.1 Å². The van der Waals surface area contributed by atoms with Crippen LogP contribution in [0.15, 0.2) is 36.4 Å². The summed E-state index contributed by atoms with van der Waals surface area (Å²) in [6.07, 6.45) is -1.36. The number of hydrogen-bond donors (Lipinski definition) is 0. The van der Waals surface area contributed by atoms with Crippen molar-refractivity contribution in [1.29, 1.82) is 0 Å². The number of benzene rings is 2. The van der Waals surface area contributed by atoms with Crippen molar-refractivity contribution in [1.82, 2.24) is 0 Å². The molecule has 0 bridgehead atoms. The van der Waals surface area contributed by atoms with Crippen LogP contribution in [0.2, 0.25) is 0 Å². The molecule has 2 aromatic rings. The fraction of sp³-hybridized carbons (Fsp3) is 0.400. The van der Waals surface area contributed by atoms with Gasteiger partial charge in [0.2, 0.25) is 6.29 Å². The number of methoxy groups -OCH3 is 1. The van der Waals surface area contributed by atoms with Crippen LogP contribution in [0.1, 0.15) is 25.3 Å². The number of fused-ring (bicyclic) bond motifs is 1. The first-order valence-corrected chi connectivity index (χ1v) is 9.24. The fourth-order valence-electron chi connectivity index (χ4n) is 2.59. The van der Waals surface area contributed by atoms with E-state index in [1.807, 2.05) is 36.4 Å². The van der Waals surface area contributed by atoms with Crippen molar-refractivity contribution in [3.63, 3.8) is 0 Å². The minimum atomic E-state index is -1.36. The molecule has 0 spiro atoms. The highest BCUT2D eigenvalue weighted by molar-refractivity contribution is 5.85. The lowest BCUT2D eigenvalue weighted by atomic mass is 10.0. The maximum Gasteiger partial charge on any atom is 0.510 e. The maximum absolute atomic E-state index is 12.0. The Labute approximate surface area is 172 Å². The fourth-order valence-corrected chi connectivity index (χ4v) is 2.59. The smallest absolute Gasteiger partial charge is 0.497 e. The first-order valence-electron chi connectivity index (χ1n) is 9.24. The van der Waals surface area contributed by atoms with Gasteiger partial charge in [-0.2, -0.15) is 0 Å². The van der Waals surface area contributed by atoms with Gasteiger partial charge in [0.1, 0.15) is 5.75 Å². The largest absolute Gasteiger partial charge is 0.510 e. The van der Waals surface area contributed by atoms with E-state index in [2.05, 4.69) is 9.57 Å². The van der Waals surface area contributed by atoms with Gasteiger partial charge in [-0.3, -0.25) is 9.63 Å². The molecule has 1 atom stereocenters. The molecule has 0 radical (unpaired) electrons. The van der Waals surface area contributed by atoms with Crippen LogP contribution in [0.3, 0.4) is 0 Å². The van der Waals surface area contributed by atoms with Crippen LogP contribution < -0.4 is 4.74 Å². The molecule has 10 nitrogen and oxygen atoms in total. The van der Waals surface area contributed by atoms with Crippen LogP contribution in [0, 0.1) is 10.1 Å². The van der Waals surface area contributed by atoms with E-state index in [1.54, 1.807) is 7.11 Å². The van der Waals surface area contributed by atoms with Crippen molar-refractivity contribution in [2.24, 2.45) is 0 Å². The van der Waals surface area contributed by atoms with Gasteiger partial charge >= 0.3 is 12.1 Å². The van der Waals surface area contributed by atoms with Gasteiger partial charge in [-0.15, -0.1) is 10.1 Å². The monoisotopic (exact) mass is 421 g/mol. The third-order valence-corrected chi connectivity index (χ3v) is 3.98. The number of nitrogens with zero attached hydrogens (tertiary/aromatic N) is 1. The second-order valence-electron chi connectivity index (χ2n) is 6.26. The van der Waals surface area contributed by atoms with Gasteiger partial charge in [0, 0.05) is 0 Å². The zero-order valence-corrected chi connectivity index (χ0v) is 16.7. The molecule has 30 heavy (non-hydrogen) atoms. The second-order valence-corrected chi connectivity index (χ2v) is 6.26. The van der Waals surface area contributed by atoms with Crippen molar-refractivity contribution < 1.29 is 38.5 Å². The Morgan fingerprint density at radius 3 is 2.40 bits per heavy atom. The minimum Gasteiger partial charge on any atom is -0.497 e. The quantitative estimate of drug-likeness (QED) is 0.176. The highest BCUT2D eigenvalue weighted by atomic mass is 17.0. The molecular weight excluding hydrogens is 398 g/mol. The lowest BCUT2D eigenvalue weighted by molar-refractivity contribution is -0.777. The molecule has 0 aliphatic rings. The number of hydrogen-bond acceptors (Lipinski definition) is 9. The molecule has 0 saturated heterocycles. The highest BCUT2D eigenvalue weighted by Crippen LogP contribution is 2.22. The first-order chi connectivity index (χ1) is 14.4. The summed E-state index contributed by atoms with van der Waals surface area (Å²) in [5, 5.41) is 11.0. The normalized spacial score (nSPS) is 11.4. The molecule has 0 aliphatic carbocycles. The summed E-state index contributed by atoms with van der Waals surface area (Å²) >= 11 is 0. The second kappa shape index (κ2) is 11.4. The van der Waals surface area contributed by atoms with Crippen LogP contribution in [0.5, 0.6) is 5.75 Å². The summed E-state index contributed by atoms with van der Waals surface area (Å²) in [5.74, 6) is 0.417. The van der Waals surface area contributed by atoms with Crippen molar-refractivity contribution >= 4 is 22.9 Å². The Balaban J connectivity index is 1.63. The van der Waals surface area contributed by atoms with Gasteiger partial charge in [-0.25, -0.2) is 4.79 Å². The molecule has 1 unspecified atom stereocenters. The van der Waals surface area contributed by atoms with Crippen LogP contribution in [0.25, 0.3) is 10.8 Å². The molecule has 2 rings (SSSR count). The van der Waals surface area contributed by atoms with E-state index in [4.69, 9.17) is 14.2 Å². The molecule has 162 valence electrons. The molecule has 0 fully saturated rings. The van der Waals surface area contributed by atoms with Gasteiger partial charge in [0.15, 0.2) is 0 Å². The van der Waals surface area contributed by atoms with E-state index in [1.165, 1.54) is 6.92 Å². The summed E-state index contributed by atoms with van der Waals surface area (Å²) in [6.45, 7) is 1.40. The minimum absolute atomic E-state index is 0.0235. The zero-order valence-electron chi connectivity index (χ0n) is 16.7. The molecule has 0 aliphatic heterocycles. The lowest BCUT2D eigenvalue weighted by Gasteiger charge is -2.11. The average Bonchev–Trinajstić information content (AvgIpc) is 2.69. The van der Waals surface area contributed by atoms with E-state index in [9.17, 15) is 19.7 Å². The summed E-state index contributed by atoms with van der Waals surface area (Å²) in [5.41, 5.74) is 0.842. The Kier molecular flexibility index (Phi) is 8.67. The molecule has 2 aromatic carbocycles. The van der Waals surface area contributed by atoms with Gasteiger partial charge < -0.3 is 18.9 Å². The predicted octanol–water partition coefficient (Wildman–Crippen LogP) is 3.42. The van der Waals surface area contributed by atoms with Crippen LogP contribution in [-0.2, 0) is 30.3 Å². The molecular formula is C20H23NO9. The molecule has 10 heteroatoms. The van der Waals surface area contributed by atoms with Crippen LogP contribution in [0.4, 0.5) is 4.79 Å². The average molecular weight is 421 g/mol. The summed E-state index contributed by atoms with van der Waals surface area (Å²) < 4.78 is 19.6. The third kappa shape index (κ3) is 7.82. The molecule has 0 N–H and O–H groups in total. The van der Waals surface area contributed by atoms with E-state index >= 15 is 0 Å². The van der Waals surface area contributed by atoms with Crippen molar-refractivity contribution in [2.75, 3.05) is 20.3 Å². The van der Waals surface area contributed by atoms with Crippen molar-refractivity contribution in [3.05, 3.63) is 52.1 Å². The topological polar surface area (TPSA) is 123 Å². The number of carbonyl (C=O) groups excluding carboxylic acids is 2. The number of esters is 1. The van der Waals surface area contributed by atoms with E-state index in [0.29, 0.717) is 12.8 Å². The maximum atomic E-state index is 12.0. The highest BCUT2D eigenvalue weighted by Gasteiger charge is 2.13. The zero-order chi connectivity index (χ0) is 21.9. The number of carbonyl (C=O) groups is 2. The first kappa shape index (κ1) is 22.7. The van der Waals surface area contributed by atoms with E-state index < -0.39 is 17.5 Å². The van der Waals surface area contributed by atoms with Gasteiger partial charge in [0.05, 0.1) is 26.7 Å². The van der Waals surface area contributed by atoms with Crippen LogP contribution in [-0.4, -0.2) is 43.8 Å². The number of unbranched alkanes of at least 4 members (excludes halogenated alkanes) is 1. The molecule has 0 heterocycles. The van der Waals surface area contributed by atoms with Gasteiger partial charge in [-0.1, -0.05) is 24.3 Å². The third-order valence-electron chi connectivity index (χ3n) is 3.98. The Morgan fingerprint density at radius 1 is 1.03 bits per heavy atom. The van der Waals surface area contributed by atoms with Gasteiger partial charge in [0.25, 0.3) is 5.09 Å². The summed E-state index contributed by atoms with van der Waals surface area (Å²) in [4.78, 5) is 37.3. The van der Waals surface area contributed by atoms with Crippen molar-refractivity contribution in [2.45, 2.75) is 32.5 Å². The molecule has 0 amide bonds.